The first-order valence-corrected chi connectivity index (χ1v) is 8.82. The third-order valence-corrected chi connectivity index (χ3v) is 8.18. The second-order valence-electron chi connectivity index (χ2n) is 4.18. The largest absolute Gasteiger partial charge is 0.264 e. The van der Waals surface area contributed by atoms with Crippen LogP contribution in [0.3, 0.4) is 0 Å². The van der Waals surface area contributed by atoms with E-state index >= 15 is 0 Å². The normalized spacial score (nSPS) is 26.1. The summed E-state index contributed by atoms with van der Waals surface area (Å²) in [5.41, 5.74) is 0. The first-order chi connectivity index (χ1) is 6.86. The number of rotatable bonds is 3. The SMILES string of the molecule is O=[SH+](C[S+]1CCCC1)C1=CCCCC1. The summed E-state index contributed by atoms with van der Waals surface area (Å²) in [6.07, 6.45) is 9.87. The summed E-state index contributed by atoms with van der Waals surface area (Å²) < 4.78 is 12.0. The molecule has 0 radical (unpaired) electrons. The van der Waals surface area contributed by atoms with Crippen molar-refractivity contribution in [2.75, 3.05) is 16.6 Å². The molecule has 0 bridgehead atoms. The minimum atomic E-state index is -0.986. The van der Waals surface area contributed by atoms with E-state index in [1.807, 2.05) is 0 Å². The number of hydrogen-bond donors (Lipinski definition) is 0. The molecule has 14 heavy (non-hydrogen) atoms. The van der Waals surface area contributed by atoms with Gasteiger partial charge in [0.1, 0.15) is 27.2 Å². The molecule has 0 amide bonds. The Hall–Kier alpha value is 0.240. The van der Waals surface area contributed by atoms with E-state index in [4.69, 9.17) is 0 Å². The first kappa shape index (κ1) is 10.7. The minimum absolute atomic E-state index is 0.516. The van der Waals surface area contributed by atoms with Crippen LogP contribution in [0.1, 0.15) is 38.5 Å². The average Bonchev–Trinajstić information content (AvgIpc) is 2.72. The molecule has 2 aliphatic rings. The second kappa shape index (κ2) is 5.36. The smallest absolute Gasteiger partial charge is 0.0976 e. The van der Waals surface area contributed by atoms with Crippen LogP contribution in [-0.4, -0.2) is 16.6 Å². The molecule has 1 aliphatic carbocycles. The topological polar surface area (TPSA) is 17.1 Å². The van der Waals surface area contributed by atoms with Crippen LogP contribution < -0.4 is 0 Å². The Balaban J connectivity index is 1.84. The van der Waals surface area contributed by atoms with E-state index in [1.54, 1.807) is 0 Å². The van der Waals surface area contributed by atoms with Crippen molar-refractivity contribution in [2.24, 2.45) is 0 Å². The van der Waals surface area contributed by atoms with E-state index < -0.39 is 10.8 Å². The molecule has 2 rings (SSSR count). The number of allylic oxidation sites excluding steroid dienone is 2. The van der Waals surface area contributed by atoms with Crippen LogP contribution in [0.25, 0.3) is 0 Å². The molecule has 0 spiro atoms. The van der Waals surface area contributed by atoms with Gasteiger partial charge < -0.3 is 0 Å². The van der Waals surface area contributed by atoms with Crippen molar-refractivity contribution >= 4 is 21.7 Å². The van der Waals surface area contributed by atoms with Gasteiger partial charge in [0.15, 0.2) is 0 Å². The summed E-state index contributed by atoms with van der Waals surface area (Å²) in [5, 5.41) is 1.02. The third-order valence-electron chi connectivity index (χ3n) is 3.00. The fourth-order valence-corrected chi connectivity index (χ4v) is 7.33. The summed E-state index contributed by atoms with van der Waals surface area (Å²) in [6, 6.07) is 0. The maximum absolute atomic E-state index is 12.0. The molecule has 3 heteroatoms. The molecule has 1 atom stereocenters. The van der Waals surface area contributed by atoms with Gasteiger partial charge in [-0.1, -0.05) is 4.21 Å². The molecule has 1 fully saturated rings. The predicted molar refractivity (Wildman–Crippen MR) is 67.2 cm³/mol. The lowest BCUT2D eigenvalue weighted by Gasteiger charge is -2.06. The van der Waals surface area contributed by atoms with Crippen molar-refractivity contribution in [3.63, 3.8) is 0 Å². The maximum Gasteiger partial charge on any atom is 0.264 e. The molecule has 1 heterocycles. The Bertz CT molecular complexity index is 242. The van der Waals surface area contributed by atoms with Crippen molar-refractivity contribution in [3.05, 3.63) is 11.0 Å². The zero-order chi connectivity index (χ0) is 9.80. The average molecular weight is 232 g/mol. The molecule has 0 saturated carbocycles. The Morgan fingerprint density at radius 3 is 2.64 bits per heavy atom. The lowest BCUT2D eigenvalue weighted by molar-refractivity contribution is 0.597. The molecule has 80 valence electrons. The summed E-state index contributed by atoms with van der Waals surface area (Å²) >= 11 is 0. The standard InChI is InChI=1S/C11H19OS2/c12-14(10-13-8-4-5-9-13)11-6-2-1-3-7-11/h6H,1-5,7-10H2/q+1/p+1. The van der Waals surface area contributed by atoms with Crippen LogP contribution in [0.15, 0.2) is 11.0 Å². The molecule has 0 aromatic carbocycles. The van der Waals surface area contributed by atoms with Crippen molar-refractivity contribution in [2.45, 2.75) is 38.5 Å². The quantitative estimate of drug-likeness (QED) is 0.540. The number of thiol groups is 1. The Kier molecular flexibility index (Phi) is 4.11. The predicted octanol–water partition coefficient (Wildman–Crippen LogP) is 2.51. The van der Waals surface area contributed by atoms with Crippen molar-refractivity contribution < 1.29 is 4.21 Å². The van der Waals surface area contributed by atoms with Crippen LogP contribution in [-0.2, 0) is 25.9 Å². The Morgan fingerprint density at radius 2 is 2.00 bits per heavy atom. The van der Waals surface area contributed by atoms with E-state index in [9.17, 15) is 4.21 Å². The zero-order valence-corrected chi connectivity index (χ0v) is 10.4. The second-order valence-corrected chi connectivity index (χ2v) is 8.58. The van der Waals surface area contributed by atoms with Gasteiger partial charge in [0, 0.05) is 17.3 Å². The monoisotopic (exact) mass is 232 g/mol. The summed E-state index contributed by atoms with van der Waals surface area (Å²) in [4.78, 5) is 1.30. The van der Waals surface area contributed by atoms with Gasteiger partial charge >= 0.3 is 0 Å². The molecule has 1 saturated heterocycles. The molecular formula is C11H20OS2+2. The minimum Gasteiger partial charge on any atom is -0.0976 e. The van der Waals surface area contributed by atoms with Gasteiger partial charge in [0.25, 0.3) is 5.08 Å². The van der Waals surface area contributed by atoms with E-state index in [-0.39, 0.29) is 0 Å². The summed E-state index contributed by atoms with van der Waals surface area (Å²) in [7, 11) is -0.470. The van der Waals surface area contributed by atoms with Gasteiger partial charge in [-0.3, -0.25) is 0 Å². The lowest BCUT2D eigenvalue weighted by Crippen LogP contribution is -2.15. The van der Waals surface area contributed by atoms with Gasteiger partial charge in [0.2, 0.25) is 0 Å². The van der Waals surface area contributed by atoms with E-state index in [2.05, 4.69) is 6.08 Å². The lowest BCUT2D eigenvalue weighted by atomic mass is 10.1. The van der Waals surface area contributed by atoms with Crippen LogP contribution in [0, 0.1) is 0 Å². The first-order valence-electron chi connectivity index (χ1n) is 5.64. The summed E-state index contributed by atoms with van der Waals surface area (Å²) in [5.74, 6) is 2.71. The highest BCUT2D eigenvalue weighted by Gasteiger charge is 2.31. The molecule has 0 aromatic rings. The van der Waals surface area contributed by atoms with Crippen LogP contribution in [0.2, 0.25) is 0 Å². The maximum atomic E-state index is 12.0. The van der Waals surface area contributed by atoms with Crippen LogP contribution >= 0.6 is 0 Å². The van der Waals surface area contributed by atoms with Crippen LogP contribution in [0.5, 0.6) is 0 Å². The fraction of sp³-hybridized carbons (Fsp3) is 0.818. The van der Waals surface area contributed by atoms with Crippen molar-refractivity contribution in [1.29, 1.82) is 0 Å². The zero-order valence-electron chi connectivity index (χ0n) is 8.71. The highest BCUT2D eigenvalue weighted by atomic mass is 32.3. The molecule has 1 unspecified atom stereocenters. The molecule has 0 N–H and O–H groups in total. The Labute approximate surface area is 92.2 Å². The van der Waals surface area contributed by atoms with Gasteiger partial charge in [-0.15, -0.1) is 0 Å². The third kappa shape index (κ3) is 2.86. The molecule has 1 nitrogen and oxygen atoms in total. The van der Waals surface area contributed by atoms with Gasteiger partial charge in [-0.05, 0) is 38.2 Å². The molecule has 0 aromatic heterocycles. The Morgan fingerprint density at radius 1 is 1.21 bits per heavy atom. The van der Waals surface area contributed by atoms with Crippen molar-refractivity contribution in [1.82, 2.24) is 0 Å². The van der Waals surface area contributed by atoms with Crippen molar-refractivity contribution in [3.8, 4) is 0 Å². The fourth-order valence-electron chi connectivity index (χ4n) is 2.14. The van der Waals surface area contributed by atoms with Gasteiger partial charge in [0.05, 0.1) is 0 Å². The van der Waals surface area contributed by atoms with E-state index in [1.165, 1.54) is 48.5 Å². The van der Waals surface area contributed by atoms with Crippen LogP contribution in [0.4, 0.5) is 0 Å². The van der Waals surface area contributed by atoms with Gasteiger partial charge in [-0.25, -0.2) is 0 Å². The highest BCUT2D eigenvalue weighted by molar-refractivity contribution is 8.09. The molecule has 1 aliphatic heterocycles. The van der Waals surface area contributed by atoms with E-state index in [0.717, 1.165) is 11.5 Å². The highest BCUT2D eigenvalue weighted by Crippen LogP contribution is 2.23. The number of hydrogen-bond acceptors (Lipinski definition) is 1. The van der Waals surface area contributed by atoms with Gasteiger partial charge in [-0.2, -0.15) is 0 Å². The van der Waals surface area contributed by atoms with E-state index in [0.29, 0.717) is 10.9 Å². The summed E-state index contributed by atoms with van der Waals surface area (Å²) in [6.45, 7) is 0. The molecular weight excluding hydrogens is 212 g/mol.